The summed E-state index contributed by atoms with van der Waals surface area (Å²) in [4.78, 5) is 4.49. The zero-order chi connectivity index (χ0) is 19.6. The van der Waals surface area contributed by atoms with Crippen molar-refractivity contribution < 1.29 is 22.6 Å². The molecule has 0 saturated heterocycles. The minimum Gasteiger partial charge on any atom is -0.493 e. The lowest BCUT2D eigenvalue weighted by Gasteiger charge is -2.14. The molecule has 0 heterocycles. The van der Waals surface area contributed by atoms with Crippen LogP contribution in [0.15, 0.2) is 23.2 Å². The summed E-state index contributed by atoms with van der Waals surface area (Å²) in [5.41, 5.74) is 0.808. The first-order valence-corrected chi connectivity index (χ1v) is 8.63. The van der Waals surface area contributed by atoms with E-state index in [2.05, 4.69) is 29.5 Å². The van der Waals surface area contributed by atoms with Crippen molar-refractivity contribution in [1.82, 2.24) is 10.6 Å². The molecule has 0 aliphatic rings. The molecule has 1 aromatic rings. The Morgan fingerprint density at radius 2 is 1.89 bits per heavy atom. The third-order valence-electron chi connectivity index (χ3n) is 3.40. The van der Waals surface area contributed by atoms with Crippen molar-refractivity contribution >= 4 is 29.9 Å². The van der Waals surface area contributed by atoms with Crippen LogP contribution in [-0.4, -0.2) is 38.9 Å². The van der Waals surface area contributed by atoms with Gasteiger partial charge in [0, 0.05) is 13.1 Å². The highest BCUT2D eigenvalue weighted by Crippen LogP contribution is 2.30. The van der Waals surface area contributed by atoms with Gasteiger partial charge < -0.3 is 20.1 Å². The molecule has 0 saturated carbocycles. The van der Waals surface area contributed by atoms with Gasteiger partial charge in [0.2, 0.25) is 0 Å². The van der Waals surface area contributed by atoms with Crippen LogP contribution < -0.4 is 20.1 Å². The van der Waals surface area contributed by atoms with Gasteiger partial charge in [-0.1, -0.05) is 19.9 Å². The summed E-state index contributed by atoms with van der Waals surface area (Å²) in [7, 11) is 1.39. The Balaban J connectivity index is 0.00000676. The zero-order valence-electron chi connectivity index (χ0n) is 16.2. The predicted molar refractivity (Wildman–Crippen MR) is 112 cm³/mol. The van der Waals surface area contributed by atoms with Crippen molar-refractivity contribution in [3.63, 3.8) is 0 Å². The van der Waals surface area contributed by atoms with Gasteiger partial charge in [0.1, 0.15) is 0 Å². The van der Waals surface area contributed by atoms with Gasteiger partial charge >= 0.3 is 6.18 Å². The second-order valence-corrected chi connectivity index (χ2v) is 6.19. The Morgan fingerprint density at radius 3 is 2.44 bits per heavy atom. The van der Waals surface area contributed by atoms with Crippen LogP contribution in [0.5, 0.6) is 11.5 Å². The van der Waals surface area contributed by atoms with Crippen LogP contribution in [0.3, 0.4) is 0 Å². The van der Waals surface area contributed by atoms with Gasteiger partial charge in [0.25, 0.3) is 0 Å². The number of hydrogen-bond donors (Lipinski definition) is 2. The van der Waals surface area contributed by atoms with Crippen LogP contribution in [-0.2, 0) is 6.54 Å². The Kier molecular flexibility index (Phi) is 12.2. The van der Waals surface area contributed by atoms with E-state index in [-0.39, 0.29) is 35.5 Å². The van der Waals surface area contributed by atoms with Gasteiger partial charge in [0.15, 0.2) is 24.1 Å². The molecule has 156 valence electrons. The number of aliphatic imine (C=N–C) groups is 1. The van der Waals surface area contributed by atoms with Crippen molar-refractivity contribution in [3.8, 4) is 11.5 Å². The molecule has 9 heteroatoms. The molecule has 0 unspecified atom stereocenters. The molecule has 0 aromatic heterocycles. The number of guanidine groups is 1. The third-order valence-corrected chi connectivity index (χ3v) is 3.40. The second-order valence-electron chi connectivity index (χ2n) is 6.19. The maximum Gasteiger partial charge on any atom is 0.422 e. The van der Waals surface area contributed by atoms with Gasteiger partial charge in [-0.25, -0.2) is 4.99 Å². The zero-order valence-corrected chi connectivity index (χ0v) is 18.5. The van der Waals surface area contributed by atoms with E-state index < -0.39 is 12.8 Å². The maximum absolute atomic E-state index is 12.3. The van der Waals surface area contributed by atoms with E-state index in [9.17, 15) is 13.2 Å². The van der Waals surface area contributed by atoms with E-state index in [1.807, 2.05) is 6.92 Å². The fourth-order valence-electron chi connectivity index (χ4n) is 2.08. The highest BCUT2D eigenvalue weighted by Gasteiger charge is 2.29. The van der Waals surface area contributed by atoms with Crippen molar-refractivity contribution in [2.75, 3.05) is 26.8 Å². The Bertz CT molecular complexity index is 581. The molecule has 0 atom stereocenters. The first kappa shape index (κ1) is 25.6. The molecule has 0 aliphatic heterocycles. The Labute approximate surface area is 176 Å². The SMILES string of the molecule is CCNC(=NCc1ccc(OCC(F)(F)F)c(OC)c1)NCCC(C)C.I. The average Bonchev–Trinajstić information content (AvgIpc) is 2.57. The summed E-state index contributed by atoms with van der Waals surface area (Å²) in [6.07, 6.45) is -3.36. The lowest BCUT2D eigenvalue weighted by molar-refractivity contribution is -0.153. The standard InChI is InChI=1S/C18H28F3N3O2.HI/c1-5-22-17(23-9-8-13(2)3)24-11-14-6-7-15(16(10-14)25-4)26-12-18(19,20)21;/h6-7,10,13H,5,8-9,11-12H2,1-4H3,(H2,22,23,24);1H. The Hall–Kier alpha value is -1.39. The number of nitrogens with zero attached hydrogens (tertiary/aromatic N) is 1. The molecule has 0 radical (unpaired) electrons. The van der Waals surface area contributed by atoms with Crippen LogP contribution in [0.4, 0.5) is 13.2 Å². The van der Waals surface area contributed by atoms with Gasteiger partial charge in [-0.2, -0.15) is 13.2 Å². The lowest BCUT2D eigenvalue weighted by atomic mass is 10.1. The van der Waals surface area contributed by atoms with Crippen molar-refractivity contribution in [3.05, 3.63) is 23.8 Å². The number of halogens is 4. The predicted octanol–water partition coefficient (Wildman–Crippen LogP) is 4.36. The summed E-state index contributed by atoms with van der Waals surface area (Å²) < 4.78 is 46.8. The van der Waals surface area contributed by atoms with Gasteiger partial charge in [-0.3, -0.25) is 0 Å². The minimum atomic E-state index is -4.39. The average molecular weight is 503 g/mol. The molecule has 2 N–H and O–H groups in total. The molecule has 0 spiro atoms. The van der Waals surface area contributed by atoms with E-state index in [0.29, 0.717) is 18.4 Å². The van der Waals surface area contributed by atoms with Crippen LogP contribution in [0.2, 0.25) is 0 Å². The molecular weight excluding hydrogens is 474 g/mol. The van der Waals surface area contributed by atoms with E-state index in [1.165, 1.54) is 13.2 Å². The largest absolute Gasteiger partial charge is 0.493 e. The molecule has 1 aromatic carbocycles. The van der Waals surface area contributed by atoms with E-state index in [4.69, 9.17) is 9.47 Å². The topological polar surface area (TPSA) is 54.9 Å². The molecule has 0 amide bonds. The first-order valence-electron chi connectivity index (χ1n) is 8.63. The van der Waals surface area contributed by atoms with Crippen LogP contribution in [0, 0.1) is 5.92 Å². The van der Waals surface area contributed by atoms with Crippen molar-refractivity contribution in [2.24, 2.45) is 10.9 Å². The Morgan fingerprint density at radius 1 is 1.19 bits per heavy atom. The molecule has 0 aliphatic carbocycles. The van der Waals surface area contributed by atoms with Gasteiger partial charge in [0.05, 0.1) is 13.7 Å². The van der Waals surface area contributed by atoms with Crippen molar-refractivity contribution in [1.29, 1.82) is 0 Å². The van der Waals surface area contributed by atoms with Gasteiger partial charge in [-0.15, -0.1) is 24.0 Å². The smallest absolute Gasteiger partial charge is 0.422 e. The highest BCUT2D eigenvalue weighted by atomic mass is 127. The van der Waals surface area contributed by atoms with E-state index in [0.717, 1.165) is 25.1 Å². The molecule has 0 bridgehead atoms. The quantitative estimate of drug-likeness (QED) is 0.299. The van der Waals surface area contributed by atoms with Gasteiger partial charge in [-0.05, 0) is 37.0 Å². The number of hydrogen-bond acceptors (Lipinski definition) is 3. The molecule has 5 nitrogen and oxygen atoms in total. The summed E-state index contributed by atoms with van der Waals surface area (Å²) in [5.74, 6) is 1.60. The first-order chi connectivity index (χ1) is 12.2. The second kappa shape index (κ2) is 12.9. The number of nitrogens with one attached hydrogen (secondary N) is 2. The summed E-state index contributed by atoms with van der Waals surface area (Å²) >= 11 is 0. The molecule has 27 heavy (non-hydrogen) atoms. The summed E-state index contributed by atoms with van der Waals surface area (Å²) in [6, 6.07) is 4.77. The molecular formula is C18H29F3IN3O2. The monoisotopic (exact) mass is 503 g/mol. The maximum atomic E-state index is 12.3. The fourth-order valence-corrected chi connectivity index (χ4v) is 2.08. The third kappa shape index (κ3) is 11.1. The summed E-state index contributed by atoms with van der Waals surface area (Å²) in [6.45, 7) is 6.85. The highest BCUT2D eigenvalue weighted by molar-refractivity contribution is 14.0. The van der Waals surface area contributed by atoms with Crippen LogP contribution in [0.1, 0.15) is 32.8 Å². The molecule has 0 fully saturated rings. The van der Waals surface area contributed by atoms with Crippen molar-refractivity contribution in [2.45, 2.75) is 39.9 Å². The van der Waals surface area contributed by atoms with Crippen LogP contribution in [0.25, 0.3) is 0 Å². The van der Waals surface area contributed by atoms with E-state index >= 15 is 0 Å². The fraction of sp³-hybridized carbons (Fsp3) is 0.611. The van der Waals surface area contributed by atoms with Crippen LogP contribution >= 0.6 is 24.0 Å². The number of rotatable bonds is 9. The van der Waals surface area contributed by atoms with E-state index in [1.54, 1.807) is 12.1 Å². The number of benzene rings is 1. The lowest BCUT2D eigenvalue weighted by Crippen LogP contribution is -2.38. The number of alkyl halides is 3. The number of ether oxygens (including phenoxy) is 2. The number of methoxy groups -OCH3 is 1. The molecule has 1 rings (SSSR count). The minimum absolute atomic E-state index is 0. The normalized spacial score (nSPS) is 11.8. The summed E-state index contributed by atoms with van der Waals surface area (Å²) in [5, 5.41) is 6.42.